The lowest BCUT2D eigenvalue weighted by atomic mass is 10.2. The lowest BCUT2D eigenvalue weighted by molar-refractivity contribution is 0.0944. The molecule has 0 fully saturated rings. The van der Waals surface area contributed by atoms with Gasteiger partial charge >= 0.3 is 0 Å². The van der Waals surface area contributed by atoms with Crippen molar-refractivity contribution in [3.8, 4) is 0 Å². The third-order valence-electron chi connectivity index (χ3n) is 2.55. The van der Waals surface area contributed by atoms with E-state index in [-0.39, 0.29) is 17.8 Å². The average Bonchev–Trinajstić information content (AvgIpc) is 2.81. The maximum absolute atomic E-state index is 12.1. The first-order chi connectivity index (χ1) is 9.11. The van der Waals surface area contributed by atoms with E-state index in [1.54, 1.807) is 13.2 Å². The second kappa shape index (κ2) is 5.66. The van der Waals surface area contributed by atoms with Gasteiger partial charge in [-0.1, -0.05) is 17.4 Å². The van der Waals surface area contributed by atoms with E-state index < -0.39 is 0 Å². The lowest BCUT2D eigenvalue weighted by Gasteiger charge is -2.12. The highest BCUT2D eigenvalue weighted by atomic mass is 32.1. The Morgan fingerprint density at radius 2 is 2.26 bits per heavy atom. The summed E-state index contributed by atoms with van der Waals surface area (Å²) < 4.78 is 0. The number of nitrogen functional groups attached to an aromatic ring is 1. The highest BCUT2D eigenvalue weighted by molar-refractivity contribution is 7.18. The largest absolute Gasteiger partial charge is 0.382 e. The summed E-state index contributed by atoms with van der Waals surface area (Å²) in [5, 5.41) is 6.33. The SMILES string of the molecule is CNc1nc(N)c(C(=O)NC(C)c2ccccn2)s1. The van der Waals surface area contributed by atoms with E-state index in [1.165, 1.54) is 11.3 Å². The number of carbonyl (C=O) groups excluding carboxylic acids is 1. The highest BCUT2D eigenvalue weighted by Crippen LogP contribution is 2.25. The van der Waals surface area contributed by atoms with Crippen molar-refractivity contribution >= 4 is 28.2 Å². The van der Waals surface area contributed by atoms with E-state index >= 15 is 0 Å². The third-order valence-corrected chi connectivity index (χ3v) is 3.64. The predicted molar refractivity (Wildman–Crippen MR) is 76.2 cm³/mol. The van der Waals surface area contributed by atoms with Crippen LogP contribution in [-0.2, 0) is 0 Å². The predicted octanol–water partition coefficient (Wildman–Crippen LogP) is 1.65. The van der Waals surface area contributed by atoms with Crippen LogP contribution in [-0.4, -0.2) is 22.9 Å². The molecule has 2 rings (SSSR count). The van der Waals surface area contributed by atoms with Crippen LogP contribution in [0.3, 0.4) is 0 Å². The summed E-state index contributed by atoms with van der Waals surface area (Å²) in [4.78, 5) is 20.7. The van der Waals surface area contributed by atoms with Gasteiger partial charge in [-0.3, -0.25) is 9.78 Å². The minimum Gasteiger partial charge on any atom is -0.382 e. The van der Waals surface area contributed by atoms with Crippen LogP contribution in [0.15, 0.2) is 24.4 Å². The Balaban J connectivity index is 2.10. The van der Waals surface area contributed by atoms with Crippen molar-refractivity contribution in [1.29, 1.82) is 0 Å². The van der Waals surface area contributed by atoms with Crippen molar-refractivity contribution in [3.63, 3.8) is 0 Å². The molecule has 1 unspecified atom stereocenters. The van der Waals surface area contributed by atoms with Gasteiger partial charge < -0.3 is 16.4 Å². The topological polar surface area (TPSA) is 92.9 Å². The fourth-order valence-corrected chi connectivity index (χ4v) is 2.31. The summed E-state index contributed by atoms with van der Waals surface area (Å²) >= 11 is 1.23. The molecule has 100 valence electrons. The number of anilines is 2. The molecule has 0 saturated carbocycles. The molecule has 2 aromatic rings. The first kappa shape index (κ1) is 13.3. The molecular formula is C12H15N5OS. The summed E-state index contributed by atoms with van der Waals surface area (Å²) in [5.41, 5.74) is 6.51. The maximum atomic E-state index is 12.1. The third kappa shape index (κ3) is 3.00. The molecule has 7 heteroatoms. The Kier molecular flexibility index (Phi) is 3.96. The van der Waals surface area contributed by atoms with Crippen LogP contribution in [0.4, 0.5) is 10.9 Å². The van der Waals surface area contributed by atoms with Crippen molar-refractivity contribution in [2.45, 2.75) is 13.0 Å². The molecule has 0 aromatic carbocycles. The van der Waals surface area contributed by atoms with Gasteiger partial charge in [0.2, 0.25) is 0 Å². The number of hydrogen-bond donors (Lipinski definition) is 3. The molecule has 1 atom stereocenters. The Bertz CT molecular complexity index is 569. The molecule has 2 heterocycles. The second-order valence-electron chi connectivity index (χ2n) is 3.93. The molecule has 4 N–H and O–H groups in total. The van der Waals surface area contributed by atoms with Crippen LogP contribution in [0.1, 0.15) is 28.3 Å². The highest BCUT2D eigenvalue weighted by Gasteiger charge is 2.18. The average molecular weight is 277 g/mol. The van der Waals surface area contributed by atoms with Crippen LogP contribution < -0.4 is 16.4 Å². The van der Waals surface area contributed by atoms with E-state index in [4.69, 9.17) is 5.73 Å². The second-order valence-corrected chi connectivity index (χ2v) is 4.93. The van der Waals surface area contributed by atoms with E-state index in [1.807, 2.05) is 25.1 Å². The molecule has 1 amide bonds. The van der Waals surface area contributed by atoms with Gasteiger partial charge in [-0.2, -0.15) is 0 Å². The van der Waals surface area contributed by atoms with Crippen LogP contribution in [0.5, 0.6) is 0 Å². The van der Waals surface area contributed by atoms with Gasteiger partial charge in [0.15, 0.2) is 5.13 Å². The summed E-state index contributed by atoms with van der Waals surface area (Å²) in [6.07, 6.45) is 1.69. The zero-order valence-corrected chi connectivity index (χ0v) is 11.5. The zero-order chi connectivity index (χ0) is 13.8. The van der Waals surface area contributed by atoms with Crippen molar-refractivity contribution in [2.24, 2.45) is 0 Å². The van der Waals surface area contributed by atoms with E-state index in [0.29, 0.717) is 10.0 Å². The van der Waals surface area contributed by atoms with Gasteiger partial charge in [0.25, 0.3) is 5.91 Å². The van der Waals surface area contributed by atoms with E-state index in [0.717, 1.165) is 5.69 Å². The number of pyridine rings is 1. The smallest absolute Gasteiger partial charge is 0.265 e. The Labute approximate surface area is 115 Å². The van der Waals surface area contributed by atoms with E-state index in [2.05, 4.69) is 20.6 Å². The van der Waals surface area contributed by atoms with Crippen molar-refractivity contribution < 1.29 is 4.79 Å². The van der Waals surface area contributed by atoms with Gasteiger partial charge in [0, 0.05) is 13.2 Å². The molecule has 0 saturated heterocycles. The number of nitrogens with one attached hydrogen (secondary N) is 2. The number of hydrogen-bond acceptors (Lipinski definition) is 6. The first-order valence-electron chi connectivity index (χ1n) is 5.77. The minimum absolute atomic E-state index is 0.187. The number of aromatic nitrogens is 2. The van der Waals surface area contributed by atoms with Gasteiger partial charge in [0.1, 0.15) is 10.7 Å². The molecule has 0 bridgehead atoms. The fraction of sp³-hybridized carbons (Fsp3) is 0.250. The minimum atomic E-state index is -0.241. The fourth-order valence-electron chi connectivity index (χ4n) is 1.57. The quantitative estimate of drug-likeness (QED) is 0.790. The molecule has 0 spiro atoms. The Hall–Kier alpha value is -2.15. The van der Waals surface area contributed by atoms with E-state index in [9.17, 15) is 4.79 Å². The lowest BCUT2D eigenvalue weighted by Crippen LogP contribution is -2.27. The standard InChI is InChI=1S/C12H15N5OS/c1-7(8-5-3-4-6-15-8)16-11(18)9-10(13)17-12(14-2)19-9/h3-7H,13H2,1-2H3,(H,14,17)(H,16,18). The summed E-state index contributed by atoms with van der Waals surface area (Å²) in [7, 11) is 1.73. The van der Waals surface area contributed by atoms with Crippen molar-refractivity contribution in [2.75, 3.05) is 18.1 Å². The number of nitrogens with zero attached hydrogens (tertiary/aromatic N) is 2. The van der Waals surface area contributed by atoms with Gasteiger partial charge in [-0.05, 0) is 19.1 Å². The van der Waals surface area contributed by atoms with Gasteiger partial charge in [-0.25, -0.2) is 4.98 Å². The molecule has 0 aliphatic heterocycles. The summed E-state index contributed by atoms with van der Waals surface area (Å²) in [6.45, 7) is 1.87. The molecule has 6 nitrogen and oxygen atoms in total. The molecule has 0 aliphatic carbocycles. The zero-order valence-electron chi connectivity index (χ0n) is 10.7. The van der Waals surface area contributed by atoms with Crippen LogP contribution in [0, 0.1) is 0 Å². The summed E-state index contributed by atoms with van der Waals surface area (Å²) in [6, 6.07) is 5.39. The number of carbonyl (C=O) groups is 1. The molecular weight excluding hydrogens is 262 g/mol. The maximum Gasteiger partial charge on any atom is 0.265 e. The monoisotopic (exact) mass is 277 g/mol. The van der Waals surface area contributed by atoms with Crippen molar-refractivity contribution in [3.05, 3.63) is 35.0 Å². The van der Waals surface area contributed by atoms with Crippen LogP contribution >= 0.6 is 11.3 Å². The van der Waals surface area contributed by atoms with Gasteiger partial charge in [-0.15, -0.1) is 0 Å². The Morgan fingerprint density at radius 1 is 1.47 bits per heavy atom. The molecule has 2 aromatic heterocycles. The van der Waals surface area contributed by atoms with Crippen LogP contribution in [0.2, 0.25) is 0 Å². The number of amides is 1. The molecule has 19 heavy (non-hydrogen) atoms. The van der Waals surface area contributed by atoms with Gasteiger partial charge in [0.05, 0.1) is 11.7 Å². The number of thiazole rings is 1. The summed E-state index contributed by atoms with van der Waals surface area (Å²) in [5.74, 6) is -0.00489. The number of nitrogens with two attached hydrogens (primary N) is 1. The number of rotatable bonds is 4. The first-order valence-corrected chi connectivity index (χ1v) is 6.59. The molecule has 0 aliphatic rings. The molecule has 0 radical (unpaired) electrons. The van der Waals surface area contributed by atoms with Crippen LogP contribution in [0.25, 0.3) is 0 Å². The Morgan fingerprint density at radius 3 is 2.84 bits per heavy atom. The van der Waals surface area contributed by atoms with Crippen molar-refractivity contribution in [1.82, 2.24) is 15.3 Å². The normalized spacial score (nSPS) is 11.9.